The van der Waals surface area contributed by atoms with E-state index < -0.39 is 0 Å². The summed E-state index contributed by atoms with van der Waals surface area (Å²) < 4.78 is 11.9. The van der Waals surface area contributed by atoms with Gasteiger partial charge in [-0.25, -0.2) is 0 Å². The standard InChI is InChI=1S/C15H20BClO2/c1-11(12-7-6-8-13(17)9-12)10-16-18-14(2,3)15(4,5)19-16/h6-10H,1-5H3/b11-10+. The Morgan fingerprint density at radius 3 is 2.26 bits per heavy atom. The van der Waals surface area contributed by atoms with Crippen molar-refractivity contribution in [3.8, 4) is 0 Å². The van der Waals surface area contributed by atoms with Crippen molar-refractivity contribution in [2.24, 2.45) is 0 Å². The van der Waals surface area contributed by atoms with Gasteiger partial charge in [-0.3, -0.25) is 0 Å². The van der Waals surface area contributed by atoms with Gasteiger partial charge in [0.25, 0.3) is 0 Å². The molecule has 0 N–H and O–H groups in total. The Labute approximate surface area is 120 Å². The highest BCUT2D eigenvalue weighted by atomic mass is 35.5. The van der Waals surface area contributed by atoms with Gasteiger partial charge >= 0.3 is 7.12 Å². The Balaban J connectivity index is 2.20. The topological polar surface area (TPSA) is 18.5 Å². The molecule has 2 rings (SSSR count). The molecule has 0 spiro atoms. The van der Waals surface area contributed by atoms with Crippen LogP contribution in [0, 0.1) is 0 Å². The number of rotatable bonds is 2. The highest BCUT2D eigenvalue weighted by Gasteiger charge is 2.50. The minimum atomic E-state index is -0.316. The van der Waals surface area contributed by atoms with Crippen LogP contribution in [-0.4, -0.2) is 18.3 Å². The SMILES string of the molecule is C/C(=C\B1OC(C)(C)C(C)(C)O1)c1cccc(Cl)c1. The Hall–Kier alpha value is -0.765. The summed E-state index contributed by atoms with van der Waals surface area (Å²) in [6.45, 7) is 10.2. The molecule has 0 bridgehead atoms. The van der Waals surface area contributed by atoms with Gasteiger partial charge in [0.1, 0.15) is 0 Å². The molecule has 4 heteroatoms. The fraction of sp³-hybridized carbons (Fsp3) is 0.467. The van der Waals surface area contributed by atoms with Gasteiger partial charge in [0.2, 0.25) is 0 Å². The van der Waals surface area contributed by atoms with Crippen molar-refractivity contribution in [2.45, 2.75) is 45.8 Å². The average Bonchev–Trinajstić information content (AvgIpc) is 2.46. The maximum absolute atomic E-state index is 6.01. The van der Waals surface area contributed by atoms with E-state index in [1.165, 1.54) is 0 Å². The molecule has 1 heterocycles. The maximum Gasteiger partial charge on any atom is 0.487 e. The van der Waals surface area contributed by atoms with Crippen molar-refractivity contribution in [2.75, 3.05) is 0 Å². The van der Waals surface area contributed by atoms with Gasteiger partial charge in [-0.2, -0.15) is 0 Å². The van der Waals surface area contributed by atoms with Gasteiger partial charge < -0.3 is 9.31 Å². The summed E-state index contributed by atoms with van der Waals surface area (Å²) in [6, 6.07) is 7.79. The van der Waals surface area contributed by atoms with Crippen molar-refractivity contribution in [1.82, 2.24) is 0 Å². The highest BCUT2D eigenvalue weighted by molar-refractivity contribution is 6.53. The lowest BCUT2D eigenvalue weighted by Crippen LogP contribution is -2.41. The summed E-state index contributed by atoms with van der Waals surface area (Å²) in [5.74, 6) is 2.00. The number of hydrogen-bond acceptors (Lipinski definition) is 2. The first-order valence-electron chi connectivity index (χ1n) is 6.51. The van der Waals surface area contributed by atoms with Crippen LogP contribution in [0.1, 0.15) is 40.2 Å². The molecule has 0 aromatic heterocycles. The lowest BCUT2D eigenvalue weighted by molar-refractivity contribution is 0.00578. The van der Waals surface area contributed by atoms with Crippen LogP contribution in [0.3, 0.4) is 0 Å². The van der Waals surface area contributed by atoms with Gasteiger partial charge in [0.15, 0.2) is 0 Å². The molecule has 1 aliphatic rings. The molecule has 0 aliphatic carbocycles. The quantitative estimate of drug-likeness (QED) is 0.748. The second kappa shape index (κ2) is 4.97. The summed E-state index contributed by atoms with van der Waals surface area (Å²) in [7, 11) is -0.316. The van der Waals surface area contributed by atoms with E-state index in [1.54, 1.807) is 0 Å². The predicted octanol–water partition coefficient (Wildman–Crippen LogP) is 4.37. The molecule has 0 atom stereocenters. The fourth-order valence-electron chi connectivity index (χ4n) is 1.99. The van der Waals surface area contributed by atoms with Gasteiger partial charge in [-0.05, 0) is 52.3 Å². The smallest absolute Gasteiger partial charge is 0.400 e. The molecule has 1 fully saturated rings. The van der Waals surface area contributed by atoms with Crippen LogP contribution >= 0.6 is 11.6 Å². The molecule has 0 saturated carbocycles. The summed E-state index contributed by atoms with van der Waals surface area (Å²) >= 11 is 6.01. The van der Waals surface area contributed by atoms with Crippen LogP contribution < -0.4 is 0 Å². The molecule has 0 radical (unpaired) electrons. The molecule has 1 saturated heterocycles. The van der Waals surface area contributed by atoms with Crippen LogP contribution in [-0.2, 0) is 9.31 Å². The first-order valence-corrected chi connectivity index (χ1v) is 6.89. The molecule has 1 aromatic rings. The van der Waals surface area contributed by atoms with E-state index in [4.69, 9.17) is 20.9 Å². The third-order valence-electron chi connectivity index (χ3n) is 3.94. The summed E-state index contributed by atoms with van der Waals surface area (Å²) in [4.78, 5) is 0. The monoisotopic (exact) mass is 278 g/mol. The number of halogens is 1. The minimum absolute atomic E-state index is 0.303. The fourth-order valence-corrected chi connectivity index (χ4v) is 2.18. The van der Waals surface area contributed by atoms with Crippen LogP contribution in [0.2, 0.25) is 5.02 Å². The van der Waals surface area contributed by atoms with Gasteiger partial charge in [-0.15, -0.1) is 0 Å². The van der Waals surface area contributed by atoms with Crippen LogP contribution in [0.15, 0.2) is 30.2 Å². The zero-order valence-corrected chi connectivity index (χ0v) is 12.9. The number of benzene rings is 1. The first-order chi connectivity index (χ1) is 8.71. The van der Waals surface area contributed by atoms with Gasteiger partial charge in [-0.1, -0.05) is 35.3 Å². The molecule has 19 heavy (non-hydrogen) atoms. The van der Waals surface area contributed by atoms with Crippen molar-refractivity contribution in [1.29, 1.82) is 0 Å². The largest absolute Gasteiger partial charge is 0.487 e. The number of hydrogen-bond donors (Lipinski definition) is 0. The average molecular weight is 279 g/mol. The molecule has 1 aromatic carbocycles. The van der Waals surface area contributed by atoms with Crippen molar-refractivity contribution >= 4 is 24.3 Å². The van der Waals surface area contributed by atoms with E-state index in [1.807, 2.05) is 37.2 Å². The van der Waals surface area contributed by atoms with E-state index in [0.29, 0.717) is 0 Å². The molecule has 0 amide bonds. The number of allylic oxidation sites excluding steroid dienone is 1. The second-order valence-corrected chi connectivity index (χ2v) is 6.42. The van der Waals surface area contributed by atoms with Crippen molar-refractivity contribution in [3.63, 3.8) is 0 Å². The van der Waals surface area contributed by atoms with Crippen LogP contribution in [0.25, 0.3) is 5.57 Å². The zero-order valence-electron chi connectivity index (χ0n) is 12.2. The Morgan fingerprint density at radius 2 is 1.74 bits per heavy atom. The van der Waals surface area contributed by atoms with E-state index >= 15 is 0 Å². The molecular formula is C15H20BClO2. The molecule has 0 unspecified atom stereocenters. The van der Waals surface area contributed by atoms with Crippen molar-refractivity contribution in [3.05, 3.63) is 40.8 Å². The highest BCUT2D eigenvalue weighted by Crippen LogP contribution is 2.37. The third kappa shape index (κ3) is 3.05. The summed E-state index contributed by atoms with van der Waals surface area (Å²) in [6.07, 6.45) is 0. The van der Waals surface area contributed by atoms with Gasteiger partial charge in [0.05, 0.1) is 11.2 Å². The Morgan fingerprint density at radius 1 is 1.16 bits per heavy atom. The lowest BCUT2D eigenvalue weighted by Gasteiger charge is -2.32. The van der Waals surface area contributed by atoms with Gasteiger partial charge in [0, 0.05) is 5.02 Å². The van der Waals surface area contributed by atoms with Crippen molar-refractivity contribution < 1.29 is 9.31 Å². The Bertz CT molecular complexity index is 493. The predicted molar refractivity (Wildman–Crippen MR) is 81.2 cm³/mol. The molecule has 1 aliphatic heterocycles. The minimum Gasteiger partial charge on any atom is -0.400 e. The lowest BCUT2D eigenvalue weighted by atomic mass is 9.85. The van der Waals surface area contributed by atoms with E-state index in [0.717, 1.165) is 16.2 Å². The summed E-state index contributed by atoms with van der Waals surface area (Å²) in [5.41, 5.74) is 1.58. The van der Waals surface area contributed by atoms with Crippen LogP contribution in [0.5, 0.6) is 0 Å². The normalized spacial score (nSPS) is 21.8. The third-order valence-corrected chi connectivity index (χ3v) is 4.17. The Kier molecular flexibility index (Phi) is 3.83. The first kappa shape index (κ1) is 14.6. The van der Waals surface area contributed by atoms with E-state index in [-0.39, 0.29) is 18.3 Å². The molecule has 102 valence electrons. The zero-order chi connectivity index (χ0) is 14.3. The summed E-state index contributed by atoms with van der Waals surface area (Å²) in [5, 5.41) is 0.735. The van der Waals surface area contributed by atoms with E-state index in [9.17, 15) is 0 Å². The maximum atomic E-state index is 6.01. The second-order valence-electron chi connectivity index (χ2n) is 5.98. The van der Waals surface area contributed by atoms with Crippen LogP contribution in [0.4, 0.5) is 0 Å². The molecular weight excluding hydrogens is 258 g/mol. The molecule has 2 nitrogen and oxygen atoms in total. The van der Waals surface area contributed by atoms with E-state index in [2.05, 4.69) is 27.7 Å².